The van der Waals surface area contributed by atoms with Crippen LogP contribution in [0.2, 0.25) is 0 Å². The van der Waals surface area contributed by atoms with Gasteiger partial charge in [-0.05, 0) is 51.2 Å². The largest absolute Gasteiger partial charge is 0.494 e. The van der Waals surface area contributed by atoms with Crippen molar-refractivity contribution < 1.29 is 14.1 Å². The molecule has 0 bridgehead atoms. The van der Waals surface area contributed by atoms with E-state index in [0.717, 1.165) is 36.0 Å². The Morgan fingerprint density at radius 3 is 2.55 bits per heavy atom. The van der Waals surface area contributed by atoms with Gasteiger partial charge in [0.15, 0.2) is 0 Å². The summed E-state index contributed by atoms with van der Waals surface area (Å²) in [4.78, 5) is 14.6. The highest BCUT2D eigenvalue weighted by Gasteiger charge is 2.71. The van der Waals surface area contributed by atoms with Gasteiger partial charge in [0.05, 0.1) is 11.2 Å². The zero-order chi connectivity index (χ0) is 15.7. The van der Waals surface area contributed by atoms with E-state index in [1.54, 1.807) is 0 Å². The zero-order valence-corrected chi connectivity index (χ0v) is 13.7. The second-order valence-electron chi connectivity index (χ2n) is 7.46. The van der Waals surface area contributed by atoms with Gasteiger partial charge in [-0.25, -0.2) is 0 Å². The molecule has 1 amide bonds. The smallest absolute Gasteiger partial charge is 0.399 e. The number of carbonyl (C=O) groups excluding carboxylic acids is 1. The monoisotopic (exact) mass is 299 g/mol. The van der Waals surface area contributed by atoms with Gasteiger partial charge in [-0.15, -0.1) is 0 Å². The minimum Gasteiger partial charge on any atom is -0.399 e. The van der Waals surface area contributed by atoms with Gasteiger partial charge in [0, 0.05) is 24.6 Å². The van der Waals surface area contributed by atoms with Crippen LogP contribution in [-0.2, 0) is 15.7 Å². The van der Waals surface area contributed by atoms with Crippen LogP contribution in [0.25, 0.3) is 0 Å². The van der Waals surface area contributed by atoms with Crippen LogP contribution in [0, 0.1) is 0 Å². The maximum atomic E-state index is 12.7. The Morgan fingerprint density at radius 2 is 1.91 bits per heavy atom. The summed E-state index contributed by atoms with van der Waals surface area (Å²) < 4.78 is 12.1. The first-order chi connectivity index (χ1) is 10.3. The topological polar surface area (TPSA) is 38.8 Å². The number of fused-ring (bicyclic) bond motifs is 2. The maximum Gasteiger partial charge on any atom is 0.494 e. The summed E-state index contributed by atoms with van der Waals surface area (Å²) in [6.07, 6.45) is 1.86. The van der Waals surface area contributed by atoms with Gasteiger partial charge in [-0.2, -0.15) is 0 Å². The lowest BCUT2D eigenvalue weighted by Gasteiger charge is -2.32. The lowest BCUT2D eigenvalue weighted by molar-refractivity contribution is 0.0688. The maximum absolute atomic E-state index is 12.7. The Morgan fingerprint density at radius 1 is 1.23 bits per heavy atom. The molecule has 1 saturated carbocycles. The molecule has 2 unspecified atom stereocenters. The molecule has 22 heavy (non-hydrogen) atoms. The van der Waals surface area contributed by atoms with Gasteiger partial charge < -0.3 is 14.2 Å². The van der Waals surface area contributed by atoms with Crippen molar-refractivity contribution >= 4 is 18.5 Å². The summed E-state index contributed by atoms with van der Waals surface area (Å²) in [5, 5.41) is 0. The Hall–Kier alpha value is -1.33. The van der Waals surface area contributed by atoms with Crippen LogP contribution in [-0.4, -0.2) is 41.7 Å². The third-order valence-electron chi connectivity index (χ3n) is 5.55. The van der Waals surface area contributed by atoms with Crippen molar-refractivity contribution in [2.45, 2.75) is 57.8 Å². The van der Waals surface area contributed by atoms with Crippen LogP contribution >= 0.6 is 0 Å². The van der Waals surface area contributed by atoms with Gasteiger partial charge in [0.1, 0.15) is 0 Å². The molecule has 0 spiro atoms. The highest BCUT2D eigenvalue weighted by atomic mass is 16.7. The Bertz CT molecular complexity index is 645. The van der Waals surface area contributed by atoms with Crippen molar-refractivity contribution in [3.05, 3.63) is 29.3 Å². The molecule has 0 N–H and O–H groups in total. The van der Waals surface area contributed by atoms with Crippen LogP contribution < -0.4 is 5.46 Å². The molecule has 0 radical (unpaired) electrons. The normalized spacial score (nSPS) is 33.2. The van der Waals surface area contributed by atoms with Gasteiger partial charge in [-0.1, -0.05) is 12.1 Å². The standard InChI is InChI=1S/C17H22BNO3/c1-11(2)19-8-7-12-5-6-13(9-14(12)15(19)20)18-21-16(3)10-17(16,4)22-18/h5-6,9,11H,7-8,10H2,1-4H3. The number of rotatable bonds is 2. The van der Waals surface area contributed by atoms with Gasteiger partial charge in [0.25, 0.3) is 5.91 Å². The quantitative estimate of drug-likeness (QED) is 0.781. The molecule has 1 saturated heterocycles. The molecule has 2 heterocycles. The fraction of sp³-hybridized carbons (Fsp3) is 0.588. The summed E-state index contributed by atoms with van der Waals surface area (Å²) in [5.41, 5.74) is 2.56. The van der Waals surface area contributed by atoms with E-state index >= 15 is 0 Å². The number of nitrogens with zero attached hydrogens (tertiary/aromatic N) is 1. The first-order valence-corrected chi connectivity index (χ1v) is 8.12. The summed E-state index contributed by atoms with van der Waals surface area (Å²) in [6, 6.07) is 6.30. The Kier molecular flexibility index (Phi) is 2.83. The van der Waals surface area contributed by atoms with Crippen molar-refractivity contribution in [2.24, 2.45) is 0 Å². The minimum absolute atomic E-state index is 0.124. The van der Waals surface area contributed by atoms with E-state index in [1.165, 1.54) is 0 Å². The van der Waals surface area contributed by atoms with Gasteiger partial charge in [0.2, 0.25) is 0 Å². The van der Waals surface area contributed by atoms with E-state index in [1.807, 2.05) is 17.0 Å². The summed E-state index contributed by atoms with van der Waals surface area (Å²) in [6.45, 7) is 9.11. The molecule has 3 aliphatic rings. The average Bonchev–Trinajstić information content (AvgIpc) is 2.87. The minimum atomic E-state index is -0.351. The Labute approximate surface area is 131 Å². The summed E-state index contributed by atoms with van der Waals surface area (Å²) >= 11 is 0. The molecule has 1 aromatic carbocycles. The van der Waals surface area contributed by atoms with Crippen molar-refractivity contribution in [3.63, 3.8) is 0 Å². The lowest BCUT2D eigenvalue weighted by Crippen LogP contribution is -2.43. The van der Waals surface area contributed by atoms with E-state index in [9.17, 15) is 4.79 Å². The molecule has 1 aromatic rings. The van der Waals surface area contributed by atoms with E-state index in [-0.39, 0.29) is 30.3 Å². The number of benzene rings is 1. The zero-order valence-electron chi connectivity index (χ0n) is 13.7. The van der Waals surface area contributed by atoms with E-state index in [4.69, 9.17) is 9.31 Å². The summed E-state index contributed by atoms with van der Waals surface area (Å²) in [5.74, 6) is 0.124. The fourth-order valence-electron chi connectivity index (χ4n) is 3.71. The third-order valence-corrected chi connectivity index (χ3v) is 5.55. The van der Waals surface area contributed by atoms with Crippen molar-refractivity contribution in [2.75, 3.05) is 6.54 Å². The molecule has 5 heteroatoms. The van der Waals surface area contributed by atoms with Crippen molar-refractivity contribution in [1.29, 1.82) is 0 Å². The second-order valence-corrected chi connectivity index (χ2v) is 7.46. The first-order valence-electron chi connectivity index (χ1n) is 8.12. The average molecular weight is 299 g/mol. The molecular weight excluding hydrogens is 277 g/mol. The lowest BCUT2D eigenvalue weighted by atomic mass is 9.76. The second kappa shape index (κ2) is 4.36. The molecule has 4 rings (SSSR count). The van der Waals surface area contributed by atoms with Gasteiger partial charge >= 0.3 is 7.12 Å². The van der Waals surface area contributed by atoms with Crippen LogP contribution in [0.4, 0.5) is 0 Å². The molecule has 2 atom stereocenters. The highest BCUT2D eigenvalue weighted by molar-refractivity contribution is 6.62. The van der Waals surface area contributed by atoms with Gasteiger partial charge in [-0.3, -0.25) is 4.79 Å². The van der Waals surface area contributed by atoms with Crippen molar-refractivity contribution in [1.82, 2.24) is 4.90 Å². The number of amides is 1. The fourth-order valence-corrected chi connectivity index (χ4v) is 3.71. The molecule has 0 aromatic heterocycles. The number of carbonyl (C=O) groups is 1. The molecule has 2 fully saturated rings. The van der Waals surface area contributed by atoms with E-state index in [0.29, 0.717) is 0 Å². The first kappa shape index (κ1) is 14.3. The molecule has 2 aliphatic heterocycles. The highest BCUT2D eigenvalue weighted by Crippen LogP contribution is 2.58. The van der Waals surface area contributed by atoms with E-state index in [2.05, 4.69) is 33.8 Å². The molecule has 4 nitrogen and oxygen atoms in total. The Balaban J connectivity index is 1.64. The predicted octanol–water partition coefficient (Wildman–Crippen LogP) is 1.76. The van der Waals surface area contributed by atoms with Crippen molar-refractivity contribution in [3.8, 4) is 0 Å². The predicted molar refractivity (Wildman–Crippen MR) is 85.3 cm³/mol. The van der Waals surface area contributed by atoms with Crippen LogP contribution in [0.3, 0.4) is 0 Å². The van der Waals surface area contributed by atoms with Crippen LogP contribution in [0.5, 0.6) is 0 Å². The number of hydrogen-bond acceptors (Lipinski definition) is 3. The molecule has 1 aliphatic carbocycles. The number of hydrogen-bond donors (Lipinski definition) is 0. The molecular formula is C17H22BNO3. The van der Waals surface area contributed by atoms with E-state index < -0.39 is 0 Å². The van der Waals surface area contributed by atoms with Crippen LogP contribution in [0.15, 0.2) is 18.2 Å². The summed E-state index contributed by atoms with van der Waals surface area (Å²) in [7, 11) is -0.351. The van der Waals surface area contributed by atoms with Crippen LogP contribution in [0.1, 0.15) is 50.0 Å². The SMILES string of the molecule is CC(C)N1CCc2ccc(B3OC4(C)CC4(C)O3)cc2C1=O. The third kappa shape index (κ3) is 1.88. The molecule has 116 valence electrons.